The number of aryl methyl sites for hydroxylation is 1. The molecule has 3 rings (SSSR count). The summed E-state index contributed by atoms with van der Waals surface area (Å²) < 4.78 is 5.69. The van der Waals surface area contributed by atoms with Gasteiger partial charge in [0.2, 0.25) is 11.8 Å². The first-order chi connectivity index (χ1) is 11.7. The maximum atomic E-state index is 5.69. The van der Waals surface area contributed by atoms with Gasteiger partial charge in [-0.2, -0.15) is 0 Å². The molecule has 0 saturated carbocycles. The summed E-state index contributed by atoms with van der Waals surface area (Å²) in [5, 5.41) is 8.19. The fraction of sp³-hybridized carbons (Fsp3) is 0.250. The minimum Gasteiger partial charge on any atom is -0.420 e. The number of aromatic nitrogens is 2. The lowest BCUT2D eigenvalue weighted by Gasteiger charge is -1.98. The van der Waals surface area contributed by atoms with Crippen molar-refractivity contribution in [3.8, 4) is 11.5 Å². The Morgan fingerprint density at radius 3 is 2.29 bits per heavy atom. The van der Waals surface area contributed by atoms with Gasteiger partial charge in [-0.05, 0) is 31.3 Å². The number of hydrogen-bond donors (Lipinski definition) is 0. The number of nitrogens with zero attached hydrogens (tertiary/aromatic N) is 3. The summed E-state index contributed by atoms with van der Waals surface area (Å²) in [5.41, 5.74) is 3.37. The molecule has 1 aromatic heterocycles. The molecule has 0 N–H and O–H groups in total. The van der Waals surface area contributed by atoms with Gasteiger partial charge in [0.1, 0.15) is 0 Å². The molecule has 24 heavy (non-hydrogen) atoms. The molecule has 0 bridgehead atoms. The van der Waals surface area contributed by atoms with Gasteiger partial charge in [0.15, 0.2) is 0 Å². The zero-order valence-corrected chi connectivity index (χ0v) is 14.9. The van der Waals surface area contributed by atoms with Crippen molar-refractivity contribution in [3.63, 3.8) is 0 Å². The second-order valence-corrected chi connectivity index (χ2v) is 4.85. The van der Waals surface area contributed by atoms with Crippen molar-refractivity contribution in [1.29, 1.82) is 0 Å². The van der Waals surface area contributed by atoms with Crippen molar-refractivity contribution in [2.75, 3.05) is 7.05 Å². The number of hydrogen-bond acceptors (Lipinski definition) is 4. The van der Waals surface area contributed by atoms with Crippen LogP contribution in [0.5, 0.6) is 0 Å². The molecule has 0 unspecified atom stereocenters. The predicted molar refractivity (Wildman–Crippen MR) is 101 cm³/mol. The van der Waals surface area contributed by atoms with E-state index >= 15 is 0 Å². The van der Waals surface area contributed by atoms with Crippen LogP contribution in [0.2, 0.25) is 0 Å². The summed E-state index contributed by atoms with van der Waals surface area (Å²) in [6.07, 6.45) is 0.668. The van der Waals surface area contributed by atoms with Crippen molar-refractivity contribution in [2.24, 2.45) is 4.99 Å². The third-order valence-corrected chi connectivity index (χ3v) is 2.93. The second-order valence-electron chi connectivity index (χ2n) is 4.85. The number of rotatable bonds is 3. The lowest BCUT2D eigenvalue weighted by atomic mass is 10.1. The van der Waals surface area contributed by atoms with E-state index in [0.29, 0.717) is 18.2 Å². The van der Waals surface area contributed by atoms with Gasteiger partial charge in [0, 0.05) is 12.6 Å². The molecule has 0 atom stereocenters. The smallest absolute Gasteiger partial charge is 0.247 e. The molecule has 0 fully saturated rings. The summed E-state index contributed by atoms with van der Waals surface area (Å²) in [5.74, 6) is 1.22. The second kappa shape index (κ2) is 10.9. The molecular formula is C20H25N3O. The van der Waals surface area contributed by atoms with E-state index in [1.54, 1.807) is 7.05 Å². The molecule has 0 radical (unpaired) electrons. The minimum atomic E-state index is 0.572. The molecule has 0 spiro atoms. The first-order valence-electron chi connectivity index (χ1n) is 8.01. The van der Waals surface area contributed by atoms with E-state index in [0.717, 1.165) is 5.56 Å². The molecule has 3 aromatic rings. The Labute approximate surface area is 144 Å². The van der Waals surface area contributed by atoms with E-state index in [2.05, 4.69) is 47.0 Å². The van der Waals surface area contributed by atoms with Crippen LogP contribution in [0.3, 0.4) is 0 Å². The van der Waals surface area contributed by atoms with Gasteiger partial charge in [0.25, 0.3) is 0 Å². The Kier molecular flexibility index (Phi) is 8.76. The van der Waals surface area contributed by atoms with Crippen molar-refractivity contribution < 1.29 is 4.42 Å². The van der Waals surface area contributed by atoms with Crippen LogP contribution in [-0.4, -0.2) is 24.0 Å². The van der Waals surface area contributed by atoms with Crippen LogP contribution in [-0.2, 0) is 6.42 Å². The zero-order valence-electron chi connectivity index (χ0n) is 14.9. The van der Waals surface area contributed by atoms with E-state index in [-0.39, 0.29) is 0 Å². The van der Waals surface area contributed by atoms with Crippen LogP contribution < -0.4 is 0 Å². The number of benzene rings is 2. The fourth-order valence-corrected chi connectivity index (χ4v) is 2.02. The van der Waals surface area contributed by atoms with Crippen LogP contribution in [0.15, 0.2) is 64.0 Å². The SMILES string of the molecule is C=NC.CC.Cc1cccc(Cc2nnc(-c3ccccc3)o2)c1. The molecule has 4 heteroatoms. The normalized spacial score (nSPS) is 9.17. The van der Waals surface area contributed by atoms with Crippen LogP contribution in [0.4, 0.5) is 0 Å². The Morgan fingerprint density at radius 1 is 1.00 bits per heavy atom. The molecule has 2 aromatic carbocycles. The molecule has 0 saturated heterocycles. The van der Waals surface area contributed by atoms with Gasteiger partial charge >= 0.3 is 0 Å². The highest BCUT2D eigenvalue weighted by Gasteiger charge is 2.08. The molecule has 0 aliphatic carbocycles. The maximum absolute atomic E-state index is 5.69. The van der Waals surface area contributed by atoms with Crippen LogP contribution in [0.1, 0.15) is 30.9 Å². The average Bonchev–Trinajstić information content (AvgIpc) is 3.07. The molecule has 0 aliphatic heterocycles. The van der Waals surface area contributed by atoms with E-state index in [9.17, 15) is 0 Å². The summed E-state index contributed by atoms with van der Waals surface area (Å²) in [4.78, 5) is 3.25. The molecule has 126 valence electrons. The minimum absolute atomic E-state index is 0.572. The lowest BCUT2D eigenvalue weighted by Crippen LogP contribution is -1.88. The van der Waals surface area contributed by atoms with E-state index in [4.69, 9.17) is 4.42 Å². The average molecular weight is 323 g/mol. The predicted octanol–water partition coefficient (Wildman–Crippen LogP) is 4.98. The quantitative estimate of drug-likeness (QED) is 0.639. The van der Waals surface area contributed by atoms with Crippen molar-refractivity contribution in [3.05, 3.63) is 71.6 Å². The first kappa shape index (κ1) is 19.3. The Balaban J connectivity index is 0.000000521. The van der Waals surface area contributed by atoms with Crippen LogP contribution in [0, 0.1) is 6.92 Å². The van der Waals surface area contributed by atoms with Crippen molar-refractivity contribution in [2.45, 2.75) is 27.2 Å². The van der Waals surface area contributed by atoms with Crippen LogP contribution >= 0.6 is 0 Å². The maximum Gasteiger partial charge on any atom is 0.247 e. The molecule has 4 nitrogen and oxygen atoms in total. The Hall–Kier alpha value is -2.75. The van der Waals surface area contributed by atoms with Gasteiger partial charge in [-0.1, -0.05) is 61.9 Å². The van der Waals surface area contributed by atoms with Gasteiger partial charge in [-0.25, -0.2) is 0 Å². The highest BCUT2D eigenvalue weighted by Crippen LogP contribution is 2.18. The van der Waals surface area contributed by atoms with Crippen molar-refractivity contribution >= 4 is 6.72 Å². The third kappa shape index (κ3) is 6.16. The lowest BCUT2D eigenvalue weighted by molar-refractivity contribution is 0.518. The third-order valence-electron chi connectivity index (χ3n) is 2.93. The van der Waals surface area contributed by atoms with Crippen molar-refractivity contribution in [1.82, 2.24) is 10.2 Å². The summed E-state index contributed by atoms with van der Waals surface area (Å²) in [7, 11) is 1.64. The first-order valence-corrected chi connectivity index (χ1v) is 8.01. The zero-order chi connectivity index (χ0) is 17.8. The summed E-state index contributed by atoms with van der Waals surface area (Å²) in [6, 6.07) is 18.1. The van der Waals surface area contributed by atoms with Gasteiger partial charge in [-0.15, -0.1) is 10.2 Å². The fourth-order valence-electron chi connectivity index (χ4n) is 2.02. The molecular weight excluding hydrogens is 298 g/mol. The Morgan fingerprint density at radius 2 is 1.67 bits per heavy atom. The van der Waals surface area contributed by atoms with E-state index in [1.165, 1.54) is 11.1 Å². The van der Waals surface area contributed by atoms with Gasteiger partial charge < -0.3 is 9.41 Å². The molecule has 0 aliphatic rings. The molecule has 0 amide bonds. The monoisotopic (exact) mass is 323 g/mol. The highest BCUT2D eigenvalue weighted by atomic mass is 16.4. The largest absolute Gasteiger partial charge is 0.420 e. The summed E-state index contributed by atoms with van der Waals surface area (Å²) in [6.45, 7) is 9.19. The van der Waals surface area contributed by atoms with E-state index in [1.807, 2.05) is 50.2 Å². The standard InChI is InChI=1S/C16H14N2O.C2H5N.C2H6/c1-12-6-5-7-13(10-12)11-15-17-18-16(19-15)14-8-3-2-4-9-14;1-3-2;1-2/h2-10H,11H2,1H3;1H2,2H3;1-2H3. The van der Waals surface area contributed by atoms with Gasteiger partial charge in [0.05, 0.1) is 6.42 Å². The van der Waals surface area contributed by atoms with E-state index < -0.39 is 0 Å². The Bertz CT molecular complexity index is 721. The number of aliphatic imine (C=N–C) groups is 1. The topological polar surface area (TPSA) is 51.3 Å². The van der Waals surface area contributed by atoms with Gasteiger partial charge in [-0.3, -0.25) is 0 Å². The summed E-state index contributed by atoms with van der Waals surface area (Å²) >= 11 is 0. The molecule has 1 heterocycles. The highest BCUT2D eigenvalue weighted by molar-refractivity contribution is 5.51. The van der Waals surface area contributed by atoms with Crippen LogP contribution in [0.25, 0.3) is 11.5 Å².